The summed E-state index contributed by atoms with van der Waals surface area (Å²) in [6.07, 6.45) is 0.813. The van der Waals surface area contributed by atoms with Crippen LogP contribution in [0, 0.1) is 0 Å². The predicted octanol–water partition coefficient (Wildman–Crippen LogP) is 4.39. The van der Waals surface area contributed by atoms with Crippen molar-refractivity contribution in [2.45, 2.75) is 11.2 Å². The molecule has 0 N–H and O–H groups in total. The Kier molecular flexibility index (Phi) is 5.51. The Morgan fingerprint density at radius 3 is 2.10 bits per heavy atom. The molecular formula is C17H19BrO3. The maximum absolute atomic E-state index is 5.46. The summed E-state index contributed by atoms with van der Waals surface area (Å²) in [7, 11) is 5.01. The summed E-state index contributed by atoms with van der Waals surface area (Å²) >= 11 is 3.75. The molecule has 0 fully saturated rings. The molecule has 0 saturated heterocycles. The van der Waals surface area contributed by atoms with Crippen molar-refractivity contribution in [3.8, 4) is 17.2 Å². The van der Waals surface area contributed by atoms with E-state index in [1.807, 2.05) is 36.4 Å². The maximum Gasteiger partial charge on any atom is 0.126 e. The molecule has 0 aromatic heterocycles. The molecule has 1 atom stereocenters. The summed E-state index contributed by atoms with van der Waals surface area (Å²) in [4.78, 5) is 0.0932. The summed E-state index contributed by atoms with van der Waals surface area (Å²) in [5.41, 5.74) is 2.20. The highest BCUT2D eigenvalue weighted by Crippen LogP contribution is 2.40. The van der Waals surface area contributed by atoms with E-state index in [4.69, 9.17) is 14.2 Å². The van der Waals surface area contributed by atoms with Gasteiger partial charge in [-0.1, -0.05) is 34.1 Å². The van der Waals surface area contributed by atoms with Crippen LogP contribution in [0.2, 0.25) is 0 Å². The van der Waals surface area contributed by atoms with E-state index in [9.17, 15) is 0 Å². The van der Waals surface area contributed by atoms with E-state index in [1.165, 1.54) is 5.56 Å². The van der Waals surface area contributed by atoms with Gasteiger partial charge in [-0.05, 0) is 36.2 Å². The Bertz CT molecular complexity index is 576. The van der Waals surface area contributed by atoms with Gasteiger partial charge in [0.25, 0.3) is 0 Å². The van der Waals surface area contributed by atoms with E-state index in [2.05, 4.69) is 22.0 Å². The number of benzene rings is 2. The molecule has 0 aliphatic rings. The quantitative estimate of drug-likeness (QED) is 0.723. The largest absolute Gasteiger partial charge is 0.497 e. The van der Waals surface area contributed by atoms with E-state index in [0.29, 0.717) is 0 Å². The number of ether oxygens (including phenoxy) is 3. The molecule has 0 aliphatic carbocycles. The van der Waals surface area contributed by atoms with E-state index < -0.39 is 0 Å². The van der Waals surface area contributed by atoms with E-state index in [-0.39, 0.29) is 4.83 Å². The second-order valence-corrected chi connectivity index (χ2v) is 5.70. The van der Waals surface area contributed by atoms with Crippen molar-refractivity contribution in [3.63, 3.8) is 0 Å². The highest BCUT2D eigenvalue weighted by Gasteiger charge is 2.19. The molecule has 2 aromatic rings. The van der Waals surface area contributed by atoms with Crippen molar-refractivity contribution < 1.29 is 14.2 Å². The molecule has 21 heavy (non-hydrogen) atoms. The van der Waals surface area contributed by atoms with Gasteiger partial charge in [0.1, 0.15) is 17.2 Å². The van der Waals surface area contributed by atoms with Gasteiger partial charge >= 0.3 is 0 Å². The Morgan fingerprint density at radius 1 is 0.905 bits per heavy atom. The topological polar surface area (TPSA) is 27.7 Å². The predicted molar refractivity (Wildman–Crippen MR) is 87.9 cm³/mol. The van der Waals surface area contributed by atoms with Gasteiger partial charge in [-0.3, -0.25) is 0 Å². The minimum absolute atomic E-state index is 0.0932. The smallest absolute Gasteiger partial charge is 0.126 e. The first-order valence-electron chi connectivity index (χ1n) is 6.67. The number of hydrogen-bond donors (Lipinski definition) is 0. The molecule has 112 valence electrons. The van der Waals surface area contributed by atoms with Gasteiger partial charge in [0, 0.05) is 0 Å². The highest BCUT2D eigenvalue weighted by atomic mass is 79.9. The number of hydrogen-bond acceptors (Lipinski definition) is 3. The molecule has 3 nitrogen and oxygen atoms in total. The third kappa shape index (κ3) is 3.70. The number of alkyl halides is 1. The summed E-state index contributed by atoms with van der Waals surface area (Å²) in [6, 6.07) is 13.9. The van der Waals surface area contributed by atoms with Crippen LogP contribution in [0.3, 0.4) is 0 Å². The molecular weight excluding hydrogens is 332 g/mol. The number of halogens is 1. The lowest BCUT2D eigenvalue weighted by Gasteiger charge is -2.18. The monoisotopic (exact) mass is 350 g/mol. The average molecular weight is 351 g/mol. The Morgan fingerprint density at radius 2 is 1.52 bits per heavy atom. The zero-order valence-electron chi connectivity index (χ0n) is 12.4. The number of rotatable bonds is 6. The van der Waals surface area contributed by atoms with Crippen molar-refractivity contribution in [2.75, 3.05) is 21.3 Å². The maximum atomic E-state index is 5.46. The summed E-state index contributed by atoms with van der Waals surface area (Å²) in [6.45, 7) is 0. The van der Waals surface area contributed by atoms with Crippen LogP contribution in [0.25, 0.3) is 0 Å². The summed E-state index contributed by atoms with van der Waals surface area (Å²) in [5, 5.41) is 0. The summed E-state index contributed by atoms with van der Waals surface area (Å²) in [5.74, 6) is 2.50. The van der Waals surface area contributed by atoms with E-state index in [1.54, 1.807) is 21.3 Å². The van der Waals surface area contributed by atoms with Crippen LogP contribution < -0.4 is 14.2 Å². The Labute approximate surface area is 134 Å². The minimum Gasteiger partial charge on any atom is -0.497 e. The fourth-order valence-corrected chi connectivity index (χ4v) is 3.12. The molecule has 0 saturated carbocycles. The van der Waals surface area contributed by atoms with Crippen LogP contribution in [0.1, 0.15) is 16.0 Å². The molecule has 2 aromatic carbocycles. The lowest BCUT2D eigenvalue weighted by molar-refractivity contribution is 0.385. The van der Waals surface area contributed by atoms with Gasteiger partial charge in [0.15, 0.2) is 0 Å². The van der Waals surface area contributed by atoms with Crippen molar-refractivity contribution in [1.82, 2.24) is 0 Å². The lowest BCUT2D eigenvalue weighted by Crippen LogP contribution is -2.02. The van der Waals surface area contributed by atoms with Crippen LogP contribution in [0.15, 0.2) is 42.5 Å². The second kappa shape index (κ2) is 7.36. The number of methoxy groups -OCH3 is 3. The van der Waals surface area contributed by atoms with Crippen molar-refractivity contribution in [3.05, 3.63) is 53.6 Å². The second-order valence-electron chi connectivity index (χ2n) is 4.60. The molecule has 2 rings (SSSR count). The van der Waals surface area contributed by atoms with Gasteiger partial charge in [-0.15, -0.1) is 0 Å². The fraction of sp³-hybridized carbons (Fsp3) is 0.294. The molecule has 0 bridgehead atoms. The third-order valence-electron chi connectivity index (χ3n) is 3.33. The van der Waals surface area contributed by atoms with Crippen molar-refractivity contribution in [1.29, 1.82) is 0 Å². The van der Waals surface area contributed by atoms with Gasteiger partial charge in [0.05, 0.1) is 31.7 Å². The average Bonchev–Trinajstić information content (AvgIpc) is 2.53. The first kappa shape index (κ1) is 15.7. The zero-order valence-corrected chi connectivity index (χ0v) is 14.0. The first-order valence-corrected chi connectivity index (χ1v) is 7.59. The van der Waals surface area contributed by atoms with Crippen LogP contribution in [0.4, 0.5) is 0 Å². The molecule has 0 radical (unpaired) electrons. The summed E-state index contributed by atoms with van der Waals surface area (Å²) < 4.78 is 16.2. The first-order chi connectivity index (χ1) is 10.2. The van der Waals surface area contributed by atoms with Crippen LogP contribution in [0.5, 0.6) is 17.2 Å². The third-order valence-corrected chi connectivity index (χ3v) is 4.11. The molecule has 0 aliphatic heterocycles. The van der Waals surface area contributed by atoms with Gasteiger partial charge < -0.3 is 14.2 Å². The van der Waals surface area contributed by atoms with Crippen LogP contribution in [-0.2, 0) is 6.42 Å². The Hall–Kier alpha value is -1.68. The normalized spacial score (nSPS) is 11.8. The highest BCUT2D eigenvalue weighted by molar-refractivity contribution is 9.09. The van der Waals surface area contributed by atoms with E-state index >= 15 is 0 Å². The molecule has 0 spiro atoms. The Balaban J connectivity index is 2.29. The van der Waals surface area contributed by atoms with Crippen LogP contribution in [-0.4, -0.2) is 21.3 Å². The van der Waals surface area contributed by atoms with Crippen molar-refractivity contribution in [2.24, 2.45) is 0 Å². The van der Waals surface area contributed by atoms with E-state index in [0.717, 1.165) is 29.2 Å². The van der Waals surface area contributed by atoms with Gasteiger partial charge in [0.2, 0.25) is 0 Å². The molecule has 4 heteroatoms. The van der Waals surface area contributed by atoms with Gasteiger partial charge in [-0.2, -0.15) is 0 Å². The fourth-order valence-electron chi connectivity index (χ4n) is 2.30. The lowest BCUT2D eigenvalue weighted by atomic mass is 10.0. The van der Waals surface area contributed by atoms with Crippen molar-refractivity contribution >= 4 is 15.9 Å². The SMILES string of the molecule is COc1cccc(CC(Br)c2c(OC)cccc2OC)c1. The van der Waals surface area contributed by atoms with Crippen LogP contribution >= 0.6 is 15.9 Å². The standard InChI is InChI=1S/C17H19BrO3/c1-19-13-7-4-6-12(10-13)11-14(18)17-15(20-2)8-5-9-16(17)21-3/h4-10,14H,11H2,1-3H3. The zero-order chi connectivity index (χ0) is 15.2. The molecule has 1 unspecified atom stereocenters. The minimum atomic E-state index is 0.0932. The van der Waals surface area contributed by atoms with Gasteiger partial charge in [-0.25, -0.2) is 0 Å². The molecule has 0 amide bonds. The molecule has 0 heterocycles.